The number of benzene rings is 1. The summed E-state index contributed by atoms with van der Waals surface area (Å²) >= 11 is 0. The third-order valence-corrected chi connectivity index (χ3v) is 2.81. The van der Waals surface area contributed by atoms with Gasteiger partial charge in [0.2, 0.25) is 0 Å². The number of rotatable bonds is 3. The Morgan fingerprint density at radius 2 is 2.00 bits per heavy atom. The average Bonchev–Trinajstić information content (AvgIpc) is 3.00. The largest absolute Gasteiger partial charge is 0.0613 e. The lowest BCUT2D eigenvalue weighted by atomic mass is 10.00. The van der Waals surface area contributed by atoms with Crippen LogP contribution in [0.15, 0.2) is 12.1 Å². The van der Waals surface area contributed by atoms with E-state index in [1.807, 2.05) is 0 Å². The van der Waals surface area contributed by atoms with Crippen molar-refractivity contribution in [2.75, 3.05) is 0 Å². The van der Waals surface area contributed by atoms with Gasteiger partial charge >= 0.3 is 0 Å². The first-order valence-electron chi connectivity index (χ1n) is 5.38. The molecule has 1 aliphatic rings. The van der Waals surface area contributed by atoms with Crippen LogP contribution in [-0.2, 0) is 12.8 Å². The Hall–Kier alpha value is -0.780. The maximum absolute atomic E-state index is 3.53. The van der Waals surface area contributed by atoms with E-state index in [4.69, 9.17) is 0 Å². The van der Waals surface area contributed by atoms with Crippen molar-refractivity contribution >= 4 is 0 Å². The third kappa shape index (κ3) is 1.93. The monoisotopic (exact) mass is 173 g/mol. The lowest BCUT2D eigenvalue weighted by Gasteiger charge is -2.05. The molecule has 0 heterocycles. The van der Waals surface area contributed by atoms with Crippen molar-refractivity contribution in [2.45, 2.75) is 45.4 Å². The molecule has 69 valence electrons. The molecule has 13 heavy (non-hydrogen) atoms. The van der Waals surface area contributed by atoms with Gasteiger partial charge < -0.3 is 0 Å². The molecule has 0 amide bonds. The van der Waals surface area contributed by atoms with E-state index in [-0.39, 0.29) is 0 Å². The Labute approximate surface area is 81.0 Å². The summed E-state index contributed by atoms with van der Waals surface area (Å²) in [4.78, 5) is 0. The molecule has 1 saturated carbocycles. The molecule has 0 atom stereocenters. The Balaban J connectivity index is 2.33. The Kier molecular flexibility index (Phi) is 2.39. The van der Waals surface area contributed by atoms with Gasteiger partial charge in [0.15, 0.2) is 0 Å². The molecule has 1 aromatic rings. The van der Waals surface area contributed by atoms with Crippen LogP contribution in [0.5, 0.6) is 0 Å². The number of hydrogen-bond acceptors (Lipinski definition) is 0. The van der Waals surface area contributed by atoms with Crippen molar-refractivity contribution in [2.24, 2.45) is 0 Å². The highest BCUT2D eigenvalue weighted by molar-refractivity contribution is 5.33. The van der Waals surface area contributed by atoms with Crippen molar-refractivity contribution in [1.29, 1.82) is 0 Å². The van der Waals surface area contributed by atoms with Gasteiger partial charge in [0.25, 0.3) is 0 Å². The molecular weight excluding hydrogens is 156 g/mol. The van der Waals surface area contributed by atoms with Gasteiger partial charge in [0.1, 0.15) is 0 Å². The average molecular weight is 173 g/mol. The van der Waals surface area contributed by atoms with Crippen molar-refractivity contribution in [3.63, 3.8) is 0 Å². The topological polar surface area (TPSA) is 0 Å². The van der Waals surface area contributed by atoms with Crippen LogP contribution in [0.3, 0.4) is 0 Å². The van der Waals surface area contributed by atoms with E-state index in [1.54, 1.807) is 0 Å². The van der Waals surface area contributed by atoms with E-state index >= 15 is 0 Å². The zero-order valence-corrected chi connectivity index (χ0v) is 8.56. The zero-order chi connectivity index (χ0) is 9.26. The predicted molar refractivity (Wildman–Crippen MR) is 56.0 cm³/mol. The highest BCUT2D eigenvalue weighted by atomic mass is 14.3. The summed E-state index contributed by atoms with van der Waals surface area (Å²) in [5.74, 6) is 0.844. The van der Waals surface area contributed by atoms with Crippen molar-refractivity contribution in [3.8, 4) is 0 Å². The Morgan fingerprint density at radius 1 is 1.23 bits per heavy atom. The second-order valence-corrected chi connectivity index (χ2v) is 3.95. The maximum atomic E-state index is 3.53. The molecule has 1 radical (unpaired) electrons. The summed E-state index contributed by atoms with van der Waals surface area (Å²) < 4.78 is 0. The third-order valence-electron chi connectivity index (χ3n) is 2.81. The molecule has 0 nitrogen and oxygen atoms in total. The van der Waals surface area contributed by atoms with Crippen LogP contribution in [0.25, 0.3) is 0 Å². The van der Waals surface area contributed by atoms with Crippen LogP contribution in [0.4, 0.5) is 0 Å². The minimum Gasteiger partial charge on any atom is -0.0613 e. The SMILES string of the molecule is CCc1[c]c(C2CC2)cc(CC)c1. The second kappa shape index (κ2) is 3.53. The fourth-order valence-electron chi connectivity index (χ4n) is 1.73. The molecule has 1 aliphatic carbocycles. The van der Waals surface area contributed by atoms with E-state index in [0.717, 1.165) is 18.8 Å². The van der Waals surface area contributed by atoms with Gasteiger partial charge in [-0.05, 0) is 54.4 Å². The minimum atomic E-state index is 0.844. The first-order chi connectivity index (χ1) is 6.33. The summed E-state index contributed by atoms with van der Waals surface area (Å²) in [5, 5.41) is 0. The molecule has 1 aromatic carbocycles. The van der Waals surface area contributed by atoms with Crippen LogP contribution >= 0.6 is 0 Å². The quantitative estimate of drug-likeness (QED) is 0.656. The van der Waals surface area contributed by atoms with Crippen LogP contribution in [-0.4, -0.2) is 0 Å². The van der Waals surface area contributed by atoms with Crippen molar-refractivity contribution in [3.05, 3.63) is 34.9 Å². The predicted octanol–water partition coefficient (Wildman–Crippen LogP) is 3.49. The Bertz CT molecular complexity index is 273. The first kappa shape index (κ1) is 8.80. The molecule has 0 aromatic heterocycles. The summed E-state index contributed by atoms with van der Waals surface area (Å²) in [6.45, 7) is 4.44. The van der Waals surface area contributed by atoms with E-state index in [9.17, 15) is 0 Å². The van der Waals surface area contributed by atoms with Gasteiger partial charge in [-0.3, -0.25) is 0 Å². The van der Waals surface area contributed by atoms with Gasteiger partial charge in [-0.1, -0.05) is 26.0 Å². The van der Waals surface area contributed by atoms with Crippen LogP contribution in [0.2, 0.25) is 0 Å². The molecule has 2 rings (SSSR count). The van der Waals surface area contributed by atoms with Crippen LogP contribution in [0.1, 0.15) is 49.3 Å². The van der Waals surface area contributed by atoms with Gasteiger partial charge in [-0.2, -0.15) is 0 Å². The maximum Gasteiger partial charge on any atom is -0.0111 e. The molecular formula is C13H17. The van der Waals surface area contributed by atoms with Gasteiger partial charge in [0, 0.05) is 0 Å². The smallest absolute Gasteiger partial charge is 0.0111 e. The molecule has 0 unspecified atom stereocenters. The normalized spacial score (nSPS) is 16.2. The summed E-state index contributed by atoms with van der Waals surface area (Å²) in [6.07, 6.45) is 5.04. The first-order valence-corrected chi connectivity index (χ1v) is 5.38. The highest BCUT2D eigenvalue weighted by Gasteiger charge is 2.24. The van der Waals surface area contributed by atoms with E-state index in [1.165, 1.54) is 29.5 Å². The van der Waals surface area contributed by atoms with Crippen LogP contribution < -0.4 is 0 Å². The molecule has 0 N–H and O–H groups in total. The Morgan fingerprint density at radius 3 is 2.54 bits per heavy atom. The molecule has 1 fully saturated rings. The van der Waals surface area contributed by atoms with Gasteiger partial charge in [-0.25, -0.2) is 0 Å². The van der Waals surface area contributed by atoms with Crippen molar-refractivity contribution in [1.82, 2.24) is 0 Å². The van der Waals surface area contributed by atoms with E-state index in [0.29, 0.717) is 0 Å². The standard InChI is InChI=1S/C13H17/c1-3-10-7-11(4-2)9-13(8-10)12-5-6-12/h7-8,12H,3-6H2,1-2H3. The molecule has 0 aliphatic heterocycles. The summed E-state index contributed by atoms with van der Waals surface area (Å²) in [5.41, 5.74) is 4.34. The molecule has 0 bridgehead atoms. The molecule has 0 heteroatoms. The zero-order valence-electron chi connectivity index (χ0n) is 8.56. The highest BCUT2D eigenvalue weighted by Crippen LogP contribution is 2.40. The van der Waals surface area contributed by atoms with E-state index in [2.05, 4.69) is 32.0 Å². The van der Waals surface area contributed by atoms with E-state index < -0.39 is 0 Å². The van der Waals surface area contributed by atoms with Gasteiger partial charge in [-0.15, -0.1) is 0 Å². The minimum absolute atomic E-state index is 0.844. The van der Waals surface area contributed by atoms with Gasteiger partial charge in [0.05, 0.1) is 0 Å². The fraction of sp³-hybridized carbons (Fsp3) is 0.538. The number of hydrogen-bond donors (Lipinski definition) is 0. The summed E-state index contributed by atoms with van der Waals surface area (Å²) in [6, 6.07) is 8.17. The fourth-order valence-corrected chi connectivity index (χ4v) is 1.73. The lowest BCUT2D eigenvalue weighted by Crippen LogP contribution is -1.90. The molecule has 0 saturated heterocycles. The molecule has 0 spiro atoms. The lowest BCUT2D eigenvalue weighted by molar-refractivity contribution is 1.03. The van der Waals surface area contributed by atoms with Crippen LogP contribution in [0, 0.1) is 6.07 Å². The van der Waals surface area contributed by atoms with Crippen molar-refractivity contribution < 1.29 is 0 Å². The summed E-state index contributed by atoms with van der Waals surface area (Å²) in [7, 11) is 0. The number of aryl methyl sites for hydroxylation is 2. The second-order valence-electron chi connectivity index (χ2n) is 3.95.